The highest BCUT2D eigenvalue weighted by molar-refractivity contribution is 5.93. The summed E-state index contributed by atoms with van der Waals surface area (Å²) in [4.78, 5) is 14.2. The molecule has 0 aliphatic rings. The number of halogens is 2. The number of amides is 1. The van der Waals surface area contributed by atoms with Crippen LogP contribution < -0.4 is 5.32 Å². The summed E-state index contributed by atoms with van der Waals surface area (Å²) in [5, 5.41) is 6.55. The predicted molar refractivity (Wildman–Crippen MR) is 102 cm³/mol. The van der Waals surface area contributed by atoms with Gasteiger partial charge in [-0.2, -0.15) is 0 Å². The topological polar surface area (TPSA) is 58.4 Å². The lowest BCUT2D eigenvalue weighted by Crippen LogP contribution is -2.35. The fraction of sp³-hybridized carbons (Fsp3) is 0.238. The van der Waals surface area contributed by atoms with Gasteiger partial charge in [0.2, 0.25) is 0 Å². The molecule has 0 radical (unpaired) electrons. The summed E-state index contributed by atoms with van der Waals surface area (Å²) in [5.74, 6) is -1.25. The average molecular weight is 385 g/mol. The summed E-state index contributed by atoms with van der Waals surface area (Å²) >= 11 is 0. The number of aromatic nitrogens is 1. The van der Waals surface area contributed by atoms with Gasteiger partial charge in [-0.1, -0.05) is 41.1 Å². The minimum Gasteiger partial charge on any atom is -0.355 e. The van der Waals surface area contributed by atoms with Crippen LogP contribution in [0.1, 0.15) is 27.7 Å². The second-order valence-corrected chi connectivity index (χ2v) is 6.80. The van der Waals surface area contributed by atoms with Crippen molar-refractivity contribution in [2.24, 2.45) is 0 Å². The first-order chi connectivity index (χ1) is 13.3. The van der Waals surface area contributed by atoms with Crippen molar-refractivity contribution in [2.75, 3.05) is 20.6 Å². The number of likely N-dealkylation sites (N-methyl/N-ethyl adjacent to an activating group) is 1. The Kier molecular flexibility index (Phi) is 5.84. The molecule has 1 heterocycles. The van der Waals surface area contributed by atoms with E-state index >= 15 is 0 Å². The van der Waals surface area contributed by atoms with E-state index in [1.165, 1.54) is 12.1 Å². The number of hydrogen-bond donors (Lipinski definition) is 1. The molecule has 146 valence electrons. The molecule has 0 aliphatic carbocycles. The number of aryl methyl sites for hydroxylation is 1. The molecule has 1 atom stereocenters. The molecule has 28 heavy (non-hydrogen) atoms. The van der Waals surface area contributed by atoms with Crippen molar-refractivity contribution in [3.63, 3.8) is 0 Å². The van der Waals surface area contributed by atoms with E-state index in [4.69, 9.17) is 4.52 Å². The standard InChI is InChI=1S/C21H21F2N3O2/c1-13-4-6-14(7-5-13)20-11-18(25-28-20)21(27)24-12-19(26(2)3)16-9-8-15(22)10-17(16)23/h4-11,19H,12H2,1-3H3,(H,24,27). The van der Waals surface area contributed by atoms with Crippen LogP contribution in [0.15, 0.2) is 53.1 Å². The zero-order valence-electron chi connectivity index (χ0n) is 15.9. The van der Waals surface area contributed by atoms with Gasteiger partial charge in [0.25, 0.3) is 5.91 Å². The zero-order valence-corrected chi connectivity index (χ0v) is 15.9. The molecule has 3 rings (SSSR count). The van der Waals surface area contributed by atoms with Crippen LogP contribution in [0.3, 0.4) is 0 Å². The maximum Gasteiger partial charge on any atom is 0.273 e. The highest BCUT2D eigenvalue weighted by Gasteiger charge is 2.21. The quantitative estimate of drug-likeness (QED) is 0.698. The number of nitrogens with one attached hydrogen (secondary N) is 1. The molecular weight excluding hydrogens is 364 g/mol. The SMILES string of the molecule is Cc1ccc(-c2cc(C(=O)NCC(c3ccc(F)cc3F)N(C)C)no2)cc1. The third-order valence-corrected chi connectivity index (χ3v) is 4.48. The number of carbonyl (C=O) groups is 1. The zero-order chi connectivity index (χ0) is 20.3. The van der Waals surface area contributed by atoms with Gasteiger partial charge in [-0.05, 0) is 27.1 Å². The van der Waals surface area contributed by atoms with Gasteiger partial charge in [0, 0.05) is 29.8 Å². The summed E-state index contributed by atoms with van der Waals surface area (Å²) in [6, 6.07) is 12.2. The van der Waals surface area contributed by atoms with Crippen molar-refractivity contribution in [2.45, 2.75) is 13.0 Å². The highest BCUT2D eigenvalue weighted by atomic mass is 19.1. The van der Waals surface area contributed by atoms with E-state index in [1.54, 1.807) is 25.1 Å². The van der Waals surface area contributed by atoms with E-state index in [-0.39, 0.29) is 12.2 Å². The molecule has 0 aliphatic heterocycles. The second kappa shape index (κ2) is 8.31. The Morgan fingerprint density at radius 3 is 2.50 bits per heavy atom. The van der Waals surface area contributed by atoms with E-state index in [0.29, 0.717) is 11.3 Å². The van der Waals surface area contributed by atoms with Crippen molar-refractivity contribution < 1.29 is 18.1 Å². The Bertz CT molecular complexity index is 968. The molecule has 3 aromatic rings. The molecule has 1 amide bonds. The van der Waals surface area contributed by atoms with Crippen molar-refractivity contribution in [3.8, 4) is 11.3 Å². The van der Waals surface area contributed by atoms with Crippen molar-refractivity contribution in [3.05, 3.63) is 77.0 Å². The molecule has 1 aromatic heterocycles. The van der Waals surface area contributed by atoms with Gasteiger partial charge in [-0.15, -0.1) is 0 Å². The third-order valence-electron chi connectivity index (χ3n) is 4.48. The molecule has 0 bridgehead atoms. The maximum atomic E-state index is 14.1. The molecule has 0 saturated heterocycles. The van der Waals surface area contributed by atoms with E-state index in [0.717, 1.165) is 17.2 Å². The summed E-state index contributed by atoms with van der Waals surface area (Å²) in [6.07, 6.45) is 0. The molecule has 1 unspecified atom stereocenters. The van der Waals surface area contributed by atoms with Crippen molar-refractivity contribution in [1.29, 1.82) is 0 Å². The van der Waals surface area contributed by atoms with Crippen LogP contribution in [0.25, 0.3) is 11.3 Å². The van der Waals surface area contributed by atoms with Gasteiger partial charge in [0.15, 0.2) is 11.5 Å². The van der Waals surface area contributed by atoms with Gasteiger partial charge in [0.05, 0.1) is 6.04 Å². The Balaban J connectivity index is 1.71. The molecule has 0 spiro atoms. The number of rotatable bonds is 6. The highest BCUT2D eigenvalue weighted by Crippen LogP contribution is 2.23. The smallest absolute Gasteiger partial charge is 0.273 e. The third kappa shape index (κ3) is 4.43. The van der Waals surface area contributed by atoms with E-state index < -0.39 is 23.6 Å². The van der Waals surface area contributed by atoms with Gasteiger partial charge in [0.1, 0.15) is 11.6 Å². The lowest BCUT2D eigenvalue weighted by Gasteiger charge is -2.25. The Labute approximate surface area is 162 Å². The molecule has 2 aromatic carbocycles. The van der Waals surface area contributed by atoms with Crippen LogP contribution in [0.5, 0.6) is 0 Å². The minimum atomic E-state index is -0.656. The van der Waals surface area contributed by atoms with Gasteiger partial charge in [-0.25, -0.2) is 8.78 Å². The van der Waals surface area contributed by atoms with E-state index in [2.05, 4.69) is 10.5 Å². The fourth-order valence-electron chi connectivity index (χ4n) is 2.86. The molecule has 1 N–H and O–H groups in total. The molecule has 5 nitrogen and oxygen atoms in total. The predicted octanol–water partition coefficient (Wildman–Crippen LogP) is 3.96. The first-order valence-electron chi connectivity index (χ1n) is 8.78. The fourth-order valence-corrected chi connectivity index (χ4v) is 2.86. The van der Waals surface area contributed by atoms with Crippen LogP contribution in [-0.2, 0) is 0 Å². The monoisotopic (exact) mass is 385 g/mol. The lowest BCUT2D eigenvalue weighted by molar-refractivity contribution is 0.0932. The molecule has 7 heteroatoms. The second-order valence-electron chi connectivity index (χ2n) is 6.80. The van der Waals surface area contributed by atoms with Crippen LogP contribution in [0.4, 0.5) is 8.78 Å². The van der Waals surface area contributed by atoms with E-state index in [1.807, 2.05) is 31.2 Å². The largest absolute Gasteiger partial charge is 0.355 e. The number of hydrogen-bond acceptors (Lipinski definition) is 4. The minimum absolute atomic E-state index is 0.126. The number of nitrogens with zero attached hydrogens (tertiary/aromatic N) is 2. The first-order valence-corrected chi connectivity index (χ1v) is 8.78. The van der Waals surface area contributed by atoms with Crippen LogP contribution >= 0.6 is 0 Å². The van der Waals surface area contributed by atoms with Gasteiger partial charge < -0.3 is 14.7 Å². The summed E-state index contributed by atoms with van der Waals surface area (Å²) < 4.78 is 32.6. The van der Waals surface area contributed by atoms with Crippen molar-refractivity contribution in [1.82, 2.24) is 15.4 Å². The van der Waals surface area contributed by atoms with Crippen LogP contribution in [-0.4, -0.2) is 36.6 Å². The average Bonchev–Trinajstić information content (AvgIpc) is 3.14. The van der Waals surface area contributed by atoms with Gasteiger partial charge >= 0.3 is 0 Å². The van der Waals surface area contributed by atoms with Crippen molar-refractivity contribution >= 4 is 5.91 Å². The summed E-state index contributed by atoms with van der Waals surface area (Å²) in [7, 11) is 3.51. The normalized spacial score (nSPS) is 12.2. The first kappa shape index (κ1) is 19.7. The number of benzene rings is 2. The Hall–Kier alpha value is -3.06. The van der Waals surface area contributed by atoms with E-state index in [9.17, 15) is 13.6 Å². The van der Waals surface area contributed by atoms with Crippen LogP contribution in [0, 0.1) is 18.6 Å². The summed E-state index contributed by atoms with van der Waals surface area (Å²) in [5.41, 5.74) is 2.36. The number of carbonyl (C=O) groups excluding carboxylic acids is 1. The Morgan fingerprint density at radius 1 is 1.14 bits per heavy atom. The van der Waals surface area contributed by atoms with Gasteiger partial charge in [-0.3, -0.25) is 4.79 Å². The molecular formula is C21H21F2N3O2. The molecule has 0 fully saturated rings. The molecule has 0 saturated carbocycles. The Morgan fingerprint density at radius 2 is 1.86 bits per heavy atom. The lowest BCUT2D eigenvalue weighted by atomic mass is 10.0. The maximum absolute atomic E-state index is 14.1. The summed E-state index contributed by atoms with van der Waals surface area (Å²) in [6.45, 7) is 2.11. The van der Waals surface area contributed by atoms with Crippen LogP contribution in [0.2, 0.25) is 0 Å².